The number of benzene rings is 2. The second-order valence-electron chi connectivity index (χ2n) is 4.92. The monoisotopic (exact) mass is 389 g/mol. The van der Waals surface area contributed by atoms with Crippen molar-refractivity contribution in [3.05, 3.63) is 77.4 Å². The second kappa shape index (κ2) is 7.59. The Morgan fingerprint density at radius 2 is 1.71 bits per heavy atom. The standard InChI is InChI=1S/C18H13.2ClH.Zr/c1-2-6-13(5-1)14-9-10-18-16(11-14)12-15-7-3-4-8-17(15)18;;;/h1-5,7-10H,6,12H2;2*1H;/q-1;;;+3/p-2. The zero-order valence-corrected chi connectivity index (χ0v) is 15.3. The maximum Gasteiger partial charge on any atom is 3.00 e. The van der Waals surface area contributed by atoms with Crippen molar-refractivity contribution in [1.29, 1.82) is 0 Å². The van der Waals surface area contributed by atoms with Gasteiger partial charge in [-0.15, -0.1) is 41.0 Å². The van der Waals surface area contributed by atoms with Gasteiger partial charge in [-0.2, -0.15) is 0 Å². The molecule has 0 saturated carbocycles. The maximum atomic E-state index is 3.61. The summed E-state index contributed by atoms with van der Waals surface area (Å²) in [6, 6.07) is 16.7. The fourth-order valence-corrected chi connectivity index (χ4v) is 2.89. The fourth-order valence-electron chi connectivity index (χ4n) is 2.89. The number of allylic oxidation sites excluding steroid dienone is 4. The molecule has 0 fully saturated rings. The van der Waals surface area contributed by atoms with Crippen LogP contribution in [-0.4, -0.2) is 0 Å². The molecular formula is C18H13Cl2Zr. The number of rotatable bonds is 1. The minimum Gasteiger partial charge on any atom is -1.00 e. The Balaban J connectivity index is 0.000000735. The summed E-state index contributed by atoms with van der Waals surface area (Å²) in [5.74, 6) is 0. The van der Waals surface area contributed by atoms with Crippen molar-refractivity contribution in [3.63, 3.8) is 0 Å². The molecule has 0 nitrogen and oxygen atoms in total. The zero-order valence-electron chi connectivity index (χ0n) is 11.4. The molecule has 0 atom stereocenters. The van der Waals surface area contributed by atoms with E-state index in [2.05, 4.69) is 60.7 Å². The van der Waals surface area contributed by atoms with Crippen LogP contribution in [0.1, 0.15) is 23.1 Å². The summed E-state index contributed by atoms with van der Waals surface area (Å²) in [6.45, 7) is 0. The van der Waals surface area contributed by atoms with Crippen LogP contribution in [0.25, 0.3) is 16.7 Å². The Hall–Kier alpha value is -0.617. The van der Waals surface area contributed by atoms with E-state index in [0.717, 1.165) is 12.8 Å². The minimum atomic E-state index is 0. The molecule has 21 heavy (non-hydrogen) atoms. The van der Waals surface area contributed by atoms with Crippen LogP contribution in [0.3, 0.4) is 0 Å². The van der Waals surface area contributed by atoms with E-state index in [1.807, 2.05) is 0 Å². The molecule has 2 aliphatic carbocycles. The van der Waals surface area contributed by atoms with Crippen molar-refractivity contribution in [2.24, 2.45) is 0 Å². The molecule has 3 heteroatoms. The number of hydrogen-bond donors (Lipinski definition) is 0. The van der Waals surface area contributed by atoms with Gasteiger partial charge in [0.25, 0.3) is 0 Å². The SMILES string of the molecule is [Cl-].[Cl-].[Zr+3].[c-]1c(C2=CC=CC2)ccc2c1Cc1ccccc1-2. The van der Waals surface area contributed by atoms with Crippen LogP contribution in [0, 0.1) is 6.07 Å². The first-order valence-electron chi connectivity index (χ1n) is 6.41. The first-order valence-corrected chi connectivity index (χ1v) is 6.41. The molecule has 1 radical (unpaired) electrons. The van der Waals surface area contributed by atoms with E-state index in [1.165, 1.54) is 33.4 Å². The van der Waals surface area contributed by atoms with Crippen molar-refractivity contribution >= 4 is 5.57 Å². The Bertz CT molecular complexity index is 702. The van der Waals surface area contributed by atoms with Gasteiger partial charge in [-0.3, -0.25) is 0 Å². The van der Waals surface area contributed by atoms with Crippen molar-refractivity contribution in [1.82, 2.24) is 0 Å². The molecule has 0 N–H and O–H groups in total. The van der Waals surface area contributed by atoms with Gasteiger partial charge >= 0.3 is 26.2 Å². The molecule has 4 rings (SSSR count). The molecule has 0 saturated heterocycles. The number of hydrogen-bond acceptors (Lipinski definition) is 0. The Kier molecular flexibility index (Phi) is 6.66. The number of halogens is 2. The van der Waals surface area contributed by atoms with E-state index in [-0.39, 0.29) is 51.0 Å². The third kappa shape index (κ3) is 3.26. The fraction of sp³-hybridized carbons (Fsp3) is 0.111. The van der Waals surface area contributed by atoms with Crippen molar-refractivity contribution < 1.29 is 51.0 Å². The van der Waals surface area contributed by atoms with E-state index in [4.69, 9.17) is 0 Å². The van der Waals surface area contributed by atoms with E-state index >= 15 is 0 Å². The van der Waals surface area contributed by atoms with E-state index in [0.29, 0.717) is 0 Å². The molecule has 0 aliphatic heterocycles. The molecule has 2 aromatic rings. The van der Waals surface area contributed by atoms with Crippen LogP contribution in [0.15, 0.2) is 54.6 Å². The third-order valence-electron chi connectivity index (χ3n) is 3.82. The zero-order chi connectivity index (χ0) is 11.9. The van der Waals surface area contributed by atoms with Gasteiger partial charge in [-0.05, 0) is 18.4 Å². The maximum absolute atomic E-state index is 3.61. The Morgan fingerprint density at radius 3 is 2.48 bits per heavy atom. The minimum absolute atomic E-state index is 0. The van der Waals surface area contributed by atoms with E-state index in [9.17, 15) is 0 Å². The van der Waals surface area contributed by atoms with Gasteiger partial charge in [0.15, 0.2) is 0 Å². The average molecular weight is 391 g/mol. The summed E-state index contributed by atoms with van der Waals surface area (Å²) in [5.41, 5.74) is 8.16. The molecule has 0 aromatic heterocycles. The quantitative estimate of drug-likeness (QED) is 0.439. The summed E-state index contributed by atoms with van der Waals surface area (Å²) in [7, 11) is 0. The topological polar surface area (TPSA) is 0 Å². The molecule has 0 unspecified atom stereocenters. The summed E-state index contributed by atoms with van der Waals surface area (Å²) >= 11 is 0. The second-order valence-corrected chi connectivity index (χ2v) is 4.92. The van der Waals surface area contributed by atoms with Gasteiger partial charge < -0.3 is 24.8 Å². The summed E-state index contributed by atoms with van der Waals surface area (Å²) in [4.78, 5) is 0. The molecule has 103 valence electrons. The Labute approximate surface area is 157 Å². The molecule has 0 heterocycles. The molecule has 0 amide bonds. The van der Waals surface area contributed by atoms with Crippen LogP contribution in [0.2, 0.25) is 0 Å². The molecule has 2 aliphatic rings. The van der Waals surface area contributed by atoms with Crippen LogP contribution in [0.4, 0.5) is 0 Å². The van der Waals surface area contributed by atoms with Gasteiger partial charge in [-0.25, -0.2) is 0 Å². The van der Waals surface area contributed by atoms with E-state index in [1.54, 1.807) is 0 Å². The first-order chi connectivity index (χ1) is 8.92. The van der Waals surface area contributed by atoms with Gasteiger partial charge in [0, 0.05) is 0 Å². The first kappa shape index (κ1) is 18.4. The largest absolute Gasteiger partial charge is 3.00 e. The average Bonchev–Trinajstić information content (AvgIpc) is 3.05. The van der Waals surface area contributed by atoms with Crippen LogP contribution < -0.4 is 24.8 Å². The molecule has 0 bridgehead atoms. The smallest absolute Gasteiger partial charge is 1.00 e. The molecular weight excluding hydrogens is 378 g/mol. The summed E-state index contributed by atoms with van der Waals surface area (Å²) < 4.78 is 0. The molecule has 0 spiro atoms. The van der Waals surface area contributed by atoms with Gasteiger partial charge in [0.05, 0.1) is 0 Å². The van der Waals surface area contributed by atoms with Gasteiger partial charge in [-0.1, -0.05) is 47.5 Å². The van der Waals surface area contributed by atoms with Crippen molar-refractivity contribution in [2.75, 3.05) is 0 Å². The Morgan fingerprint density at radius 1 is 0.905 bits per heavy atom. The van der Waals surface area contributed by atoms with Crippen molar-refractivity contribution in [3.8, 4) is 11.1 Å². The van der Waals surface area contributed by atoms with E-state index < -0.39 is 0 Å². The van der Waals surface area contributed by atoms with Gasteiger partial charge in [0.2, 0.25) is 0 Å². The number of fused-ring (bicyclic) bond motifs is 3. The van der Waals surface area contributed by atoms with Crippen LogP contribution >= 0.6 is 0 Å². The van der Waals surface area contributed by atoms with Crippen LogP contribution in [0.5, 0.6) is 0 Å². The van der Waals surface area contributed by atoms with Crippen LogP contribution in [-0.2, 0) is 32.6 Å². The third-order valence-corrected chi connectivity index (χ3v) is 3.82. The predicted octanol–water partition coefficient (Wildman–Crippen LogP) is -1.59. The molecule has 2 aromatic carbocycles. The van der Waals surface area contributed by atoms with Gasteiger partial charge in [0.1, 0.15) is 0 Å². The summed E-state index contributed by atoms with van der Waals surface area (Å²) in [6.07, 6.45) is 8.60. The normalized spacial score (nSPS) is 13.2. The predicted molar refractivity (Wildman–Crippen MR) is 75.3 cm³/mol. The summed E-state index contributed by atoms with van der Waals surface area (Å²) in [5, 5.41) is 0. The van der Waals surface area contributed by atoms with Crippen molar-refractivity contribution in [2.45, 2.75) is 12.8 Å².